The van der Waals surface area contributed by atoms with Gasteiger partial charge in [-0.25, -0.2) is 9.48 Å². The number of rotatable bonds is 4. The van der Waals surface area contributed by atoms with Crippen molar-refractivity contribution in [2.75, 3.05) is 6.61 Å². The quantitative estimate of drug-likeness (QED) is 0.667. The molecule has 16 heavy (non-hydrogen) atoms. The molecule has 0 fully saturated rings. The highest BCUT2D eigenvalue weighted by atomic mass is 16.5. The first-order valence-electron chi connectivity index (χ1n) is 4.62. The summed E-state index contributed by atoms with van der Waals surface area (Å²) < 4.78 is 10.8. The van der Waals surface area contributed by atoms with E-state index in [1.54, 1.807) is 6.92 Å². The number of hydrogen-bond donors (Lipinski definition) is 0. The lowest BCUT2D eigenvalue weighted by molar-refractivity contribution is 0.0505. The molecule has 8 nitrogen and oxygen atoms in total. The molecule has 0 unspecified atom stereocenters. The Bertz CT molecular complexity index is 464. The SMILES string of the molecule is CCOC(=O)c1nnnn1Cc1cnoc1. The first-order chi connectivity index (χ1) is 7.81. The Morgan fingerprint density at radius 2 is 2.50 bits per heavy atom. The van der Waals surface area contributed by atoms with E-state index in [-0.39, 0.29) is 12.4 Å². The molecule has 84 valence electrons. The first-order valence-corrected chi connectivity index (χ1v) is 4.62. The predicted octanol–water partition coefficient (Wildman–Crippen LogP) is -0.114. The van der Waals surface area contributed by atoms with Crippen LogP contribution in [0.4, 0.5) is 0 Å². The highest BCUT2D eigenvalue weighted by Gasteiger charge is 2.16. The Hall–Kier alpha value is -2.25. The third-order valence-corrected chi connectivity index (χ3v) is 1.81. The van der Waals surface area contributed by atoms with Gasteiger partial charge in [0, 0.05) is 5.56 Å². The van der Waals surface area contributed by atoms with Crippen LogP contribution in [-0.2, 0) is 11.3 Å². The average Bonchev–Trinajstić information content (AvgIpc) is 2.90. The fraction of sp³-hybridized carbons (Fsp3) is 0.375. The molecular formula is C8H9N5O3. The van der Waals surface area contributed by atoms with Crippen molar-refractivity contribution < 1.29 is 14.1 Å². The van der Waals surface area contributed by atoms with Gasteiger partial charge in [-0.2, -0.15) is 0 Å². The molecule has 0 saturated heterocycles. The van der Waals surface area contributed by atoms with E-state index in [1.807, 2.05) is 0 Å². The largest absolute Gasteiger partial charge is 0.460 e. The van der Waals surface area contributed by atoms with Crippen LogP contribution in [-0.4, -0.2) is 37.9 Å². The highest BCUT2D eigenvalue weighted by Crippen LogP contribution is 2.02. The molecule has 0 N–H and O–H groups in total. The molecule has 2 aromatic rings. The number of aromatic nitrogens is 5. The molecule has 0 amide bonds. The van der Waals surface area contributed by atoms with E-state index in [4.69, 9.17) is 4.74 Å². The number of carbonyl (C=O) groups excluding carboxylic acids is 1. The Balaban J connectivity index is 2.16. The van der Waals surface area contributed by atoms with E-state index in [9.17, 15) is 4.79 Å². The zero-order valence-corrected chi connectivity index (χ0v) is 8.53. The fourth-order valence-corrected chi connectivity index (χ4v) is 1.13. The topological polar surface area (TPSA) is 95.9 Å². The van der Waals surface area contributed by atoms with Gasteiger partial charge in [-0.3, -0.25) is 0 Å². The molecule has 0 aliphatic rings. The monoisotopic (exact) mass is 223 g/mol. The van der Waals surface area contributed by atoms with Gasteiger partial charge in [0.2, 0.25) is 0 Å². The van der Waals surface area contributed by atoms with Gasteiger partial charge in [0.1, 0.15) is 6.26 Å². The van der Waals surface area contributed by atoms with Crippen molar-refractivity contribution in [1.29, 1.82) is 0 Å². The summed E-state index contributed by atoms with van der Waals surface area (Å²) >= 11 is 0. The van der Waals surface area contributed by atoms with Gasteiger partial charge >= 0.3 is 5.97 Å². The number of esters is 1. The van der Waals surface area contributed by atoms with Crippen molar-refractivity contribution in [3.8, 4) is 0 Å². The molecule has 0 bridgehead atoms. The van der Waals surface area contributed by atoms with Crippen molar-refractivity contribution in [3.63, 3.8) is 0 Å². The summed E-state index contributed by atoms with van der Waals surface area (Å²) in [4.78, 5) is 11.4. The summed E-state index contributed by atoms with van der Waals surface area (Å²) in [6.07, 6.45) is 2.98. The molecular weight excluding hydrogens is 214 g/mol. The van der Waals surface area contributed by atoms with E-state index in [0.29, 0.717) is 6.54 Å². The fourth-order valence-electron chi connectivity index (χ4n) is 1.13. The van der Waals surface area contributed by atoms with Crippen molar-refractivity contribution in [2.45, 2.75) is 13.5 Å². The van der Waals surface area contributed by atoms with E-state index in [0.717, 1.165) is 5.56 Å². The van der Waals surface area contributed by atoms with Crippen LogP contribution in [0, 0.1) is 0 Å². The van der Waals surface area contributed by atoms with Gasteiger partial charge in [0.05, 0.1) is 19.3 Å². The highest BCUT2D eigenvalue weighted by molar-refractivity contribution is 5.85. The van der Waals surface area contributed by atoms with E-state index >= 15 is 0 Å². The van der Waals surface area contributed by atoms with Gasteiger partial charge < -0.3 is 9.26 Å². The van der Waals surface area contributed by atoms with Crippen molar-refractivity contribution in [3.05, 3.63) is 23.8 Å². The van der Waals surface area contributed by atoms with E-state index in [1.165, 1.54) is 17.1 Å². The number of tetrazole rings is 1. The third kappa shape index (κ3) is 2.05. The molecule has 0 aliphatic heterocycles. The maximum Gasteiger partial charge on any atom is 0.378 e. The van der Waals surface area contributed by atoms with Gasteiger partial charge in [-0.1, -0.05) is 5.16 Å². The zero-order chi connectivity index (χ0) is 11.4. The molecule has 2 heterocycles. The average molecular weight is 223 g/mol. The minimum Gasteiger partial charge on any atom is -0.460 e. The number of ether oxygens (including phenoxy) is 1. The Labute approximate surface area is 90.2 Å². The molecule has 0 aliphatic carbocycles. The standard InChI is InChI=1S/C8H9N5O3/c1-2-15-8(14)7-10-11-12-13(7)4-6-3-9-16-5-6/h3,5H,2,4H2,1H3. The number of carbonyl (C=O) groups is 1. The van der Waals surface area contributed by atoms with Crippen LogP contribution >= 0.6 is 0 Å². The second kappa shape index (κ2) is 4.51. The summed E-state index contributed by atoms with van der Waals surface area (Å²) in [5, 5.41) is 14.2. The molecule has 0 radical (unpaired) electrons. The minimum absolute atomic E-state index is 0.0584. The summed E-state index contributed by atoms with van der Waals surface area (Å²) in [6.45, 7) is 2.30. The first kappa shape index (κ1) is 10.3. The van der Waals surface area contributed by atoms with Crippen LogP contribution in [0.1, 0.15) is 23.1 Å². The summed E-state index contributed by atoms with van der Waals surface area (Å²) in [5.41, 5.74) is 0.762. The summed E-state index contributed by atoms with van der Waals surface area (Å²) in [6, 6.07) is 0. The number of nitrogens with zero attached hydrogens (tertiary/aromatic N) is 5. The second-order valence-electron chi connectivity index (χ2n) is 2.91. The lowest BCUT2D eigenvalue weighted by Crippen LogP contribution is -2.15. The lowest BCUT2D eigenvalue weighted by Gasteiger charge is -2.01. The van der Waals surface area contributed by atoms with Crippen LogP contribution in [0.15, 0.2) is 17.0 Å². The lowest BCUT2D eigenvalue weighted by atomic mass is 10.4. The molecule has 0 spiro atoms. The van der Waals surface area contributed by atoms with Gasteiger partial charge in [-0.05, 0) is 17.4 Å². The van der Waals surface area contributed by atoms with Gasteiger partial charge in [0.15, 0.2) is 0 Å². The predicted molar refractivity (Wildman–Crippen MR) is 49.4 cm³/mol. The second-order valence-corrected chi connectivity index (χ2v) is 2.91. The van der Waals surface area contributed by atoms with Crippen LogP contribution in [0.25, 0.3) is 0 Å². The van der Waals surface area contributed by atoms with E-state index < -0.39 is 5.97 Å². The Morgan fingerprint density at radius 3 is 3.19 bits per heavy atom. The van der Waals surface area contributed by atoms with Crippen LogP contribution in [0.3, 0.4) is 0 Å². The molecule has 0 saturated carbocycles. The van der Waals surface area contributed by atoms with Crippen LogP contribution in [0.2, 0.25) is 0 Å². The van der Waals surface area contributed by atoms with Gasteiger partial charge in [-0.15, -0.1) is 5.10 Å². The number of hydrogen-bond acceptors (Lipinski definition) is 7. The van der Waals surface area contributed by atoms with Crippen molar-refractivity contribution in [1.82, 2.24) is 25.4 Å². The summed E-state index contributed by atoms with van der Waals surface area (Å²) in [5.74, 6) is -0.494. The molecule has 2 rings (SSSR count). The third-order valence-electron chi connectivity index (χ3n) is 1.81. The van der Waals surface area contributed by atoms with Crippen LogP contribution < -0.4 is 0 Å². The Morgan fingerprint density at radius 1 is 1.62 bits per heavy atom. The molecule has 0 atom stereocenters. The molecule has 8 heteroatoms. The normalized spacial score (nSPS) is 10.3. The molecule has 2 aromatic heterocycles. The minimum atomic E-state index is -0.552. The smallest absolute Gasteiger partial charge is 0.378 e. The van der Waals surface area contributed by atoms with Crippen molar-refractivity contribution in [2.24, 2.45) is 0 Å². The molecule has 0 aromatic carbocycles. The maximum atomic E-state index is 11.4. The zero-order valence-electron chi connectivity index (χ0n) is 8.53. The van der Waals surface area contributed by atoms with Crippen LogP contribution in [0.5, 0.6) is 0 Å². The van der Waals surface area contributed by atoms with Gasteiger partial charge in [0.25, 0.3) is 5.82 Å². The van der Waals surface area contributed by atoms with Crippen molar-refractivity contribution >= 4 is 5.97 Å². The maximum absolute atomic E-state index is 11.4. The Kier molecular flexibility index (Phi) is 2.90. The summed E-state index contributed by atoms with van der Waals surface area (Å²) in [7, 11) is 0. The van der Waals surface area contributed by atoms with E-state index in [2.05, 4.69) is 25.2 Å².